The molecule has 2 aromatic carbocycles. The summed E-state index contributed by atoms with van der Waals surface area (Å²) in [6.07, 6.45) is 0.644. The zero-order valence-corrected chi connectivity index (χ0v) is 53.1. The van der Waals surface area contributed by atoms with Gasteiger partial charge in [-0.25, -0.2) is 34.9 Å². The van der Waals surface area contributed by atoms with Crippen molar-refractivity contribution in [1.82, 2.24) is 61.1 Å². The fraction of sp³-hybridized carbons (Fsp3) is 0.311. The van der Waals surface area contributed by atoms with E-state index in [2.05, 4.69) is 26.3 Å². The van der Waals surface area contributed by atoms with E-state index >= 15 is 4.79 Å². The molecule has 29 heteroatoms. The normalized spacial score (nSPS) is 21.8. The van der Waals surface area contributed by atoms with Gasteiger partial charge in [0.15, 0.2) is 0 Å². The minimum atomic E-state index is -1.20. The summed E-state index contributed by atoms with van der Waals surface area (Å²) in [5.41, 5.74) is 9.55. The van der Waals surface area contributed by atoms with Crippen LogP contribution in [0.2, 0.25) is 0 Å². The summed E-state index contributed by atoms with van der Waals surface area (Å²) in [5, 5.41) is 53.9. The van der Waals surface area contributed by atoms with Crippen LogP contribution in [0, 0.1) is 18.8 Å². The van der Waals surface area contributed by atoms with Gasteiger partial charge < -0.3 is 47.2 Å². The van der Waals surface area contributed by atoms with Crippen LogP contribution in [0.15, 0.2) is 93.6 Å². The number of aliphatic hydroxyl groups excluding tert-OH is 1. The van der Waals surface area contributed by atoms with Crippen LogP contribution in [0.25, 0.3) is 43.4 Å². The number of aromatic nitrogens is 7. The van der Waals surface area contributed by atoms with Crippen molar-refractivity contribution in [2.24, 2.45) is 17.6 Å². The molecule has 1 saturated carbocycles. The lowest BCUT2D eigenvalue weighted by atomic mass is 9.86. The van der Waals surface area contributed by atoms with Crippen LogP contribution in [0.1, 0.15) is 143 Å². The minimum Gasteiger partial charge on any atom is -0.508 e. The lowest BCUT2D eigenvalue weighted by molar-refractivity contribution is -0.143. The second-order valence-electron chi connectivity index (χ2n) is 22.3. The number of fused-ring (bicyclic) bond motifs is 16. The van der Waals surface area contributed by atoms with Gasteiger partial charge in [-0.2, -0.15) is 0 Å². The Balaban J connectivity index is 0.931. The number of nitrogens with zero attached hydrogens (tertiary/aromatic N) is 8. The number of aryl methyl sites for hydroxylation is 1. The first-order chi connectivity index (χ1) is 43.3. The Morgan fingerprint density at radius 1 is 0.678 bits per heavy atom. The molecular weight excluding hydrogens is 1270 g/mol. The van der Waals surface area contributed by atoms with Gasteiger partial charge in [-0.15, -0.1) is 68.0 Å². The number of aliphatic hydroxyl groups is 1. The third kappa shape index (κ3) is 13.1. The number of primary amides is 1. The van der Waals surface area contributed by atoms with E-state index in [0.29, 0.717) is 89.5 Å². The number of hydrogen-bond donors (Lipinski definition) is 8. The van der Waals surface area contributed by atoms with Gasteiger partial charge in [0.2, 0.25) is 11.8 Å². The van der Waals surface area contributed by atoms with Gasteiger partial charge >= 0.3 is 5.97 Å². The molecular formula is C61H57N13O10S6. The molecule has 2 fully saturated rings. The molecule has 9 heterocycles. The molecule has 6 amide bonds. The highest BCUT2D eigenvalue weighted by molar-refractivity contribution is 7.15. The topological polar surface area (TPSA) is 348 Å². The molecule has 1 saturated heterocycles. The van der Waals surface area contributed by atoms with Crippen LogP contribution in [-0.4, -0.2) is 121 Å². The third-order valence-electron chi connectivity index (χ3n) is 16.2. The standard InChI is InChI=1S/C61H57N13O10S6/c1-27(31-7-5-4-6-8-31)46-58-70-42(25-88-58)52(80)66-38(19-30-9-15-34(75)16-10-30)60(82)74-21-44(76)28(2)49(74)59-71-43(26-89-59)56-67-39(22-86-56)48-35(17-18-36(64-48)55-69-40(24-87-55)50(78)63-33-13-11-32(12-14-33)61(83)84)54-68-41(23-85-54)51(79)65-37(20-45(62)77)57-73-47(29(3)90-57)53(81)72-46/h4-10,15-18,22-28,32-33,37-38,44,46,49,75-76H,11-14,19-21H2,1-3H3,(H2,62,77)(H,63,78)(H,65,79)(H,66,80)(H,72,81)(H,83,84)/t27-,28+,32?,33?,37+,38+,44+,46+,49+/m1/s1. The number of benzene rings is 2. The molecule has 0 spiro atoms. The van der Waals surface area contributed by atoms with Crippen molar-refractivity contribution in [3.8, 4) is 49.1 Å². The molecule has 1 aliphatic carbocycles. The van der Waals surface area contributed by atoms with Gasteiger partial charge in [0, 0.05) is 68.2 Å². The molecule has 90 heavy (non-hydrogen) atoms. The van der Waals surface area contributed by atoms with Crippen molar-refractivity contribution in [1.29, 1.82) is 0 Å². The second-order valence-corrected chi connectivity index (χ2v) is 27.9. The fourth-order valence-electron chi connectivity index (χ4n) is 11.3. The van der Waals surface area contributed by atoms with Gasteiger partial charge in [0.05, 0.1) is 42.3 Å². The number of phenolic OH excluding ortho intramolecular Hbond substituents is 1. The van der Waals surface area contributed by atoms with E-state index in [4.69, 9.17) is 35.6 Å². The number of phenols is 1. The molecule has 462 valence electrons. The largest absolute Gasteiger partial charge is 0.508 e. The SMILES string of the molecule is Cc1sc2nc1C(=O)N[C@@H]([C@H](C)c1ccccc1)c1nc(cs1)C(=O)N[C@@H](Cc1ccc(O)cc1)C(=O)N1C[C@H](O)[C@H](C)[C@H]1c1nc(cs1)-c1nc(cs1)-c1nc(-c3nc(C(=O)NC4CCC(C(=O)O)CC4)cs3)ccc1-c1nc(cs1)C(=O)N[C@H]2CC(N)=O. The number of aliphatic carboxylic acids is 1. The molecule has 9 aromatic rings. The van der Waals surface area contributed by atoms with E-state index in [-0.39, 0.29) is 59.0 Å². The highest BCUT2D eigenvalue weighted by Crippen LogP contribution is 2.43. The highest BCUT2D eigenvalue weighted by atomic mass is 32.1. The first-order valence-corrected chi connectivity index (χ1v) is 33.9. The van der Waals surface area contributed by atoms with Gasteiger partial charge in [-0.1, -0.05) is 56.3 Å². The number of carbonyl (C=O) groups is 7. The molecule has 12 rings (SSSR count). The molecule has 10 bridgehead atoms. The molecule has 2 aliphatic heterocycles. The van der Waals surface area contributed by atoms with E-state index in [1.54, 1.807) is 57.6 Å². The van der Waals surface area contributed by atoms with Crippen LogP contribution in [-0.2, 0) is 20.8 Å². The maximum atomic E-state index is 15.2. The number of carboxylic acids is 1. The number of carbonyl (C=O) groups excluding carboxylic acids is 6. The predicted octanol–water partition coefficient (Wildman–Crippen LogP) is 8.73. The predicted molar refractivity (Wildman–Crippen MR) is 340 cm³/mol. The summed E-state index contributed by atoms with van der Waals surface area (Å²) < 4.78 is 0. The third-order valence-corrected chi connectivity index (χ3v) is 21.8. The van der Waals surface area contributed by atoms with Crippen LogP contribution < -0.4 is 27.0 Å². The Kier molecular flexibility index (Phi) is 17.9. The van der Waals surface area contributed by atoms with Gasteiger partial charge in [0.1, 0.15) is 81.7 Å². The first kappa shape index (κ1) is 61.6. The van der Waals surface area contributed by atoms with E-state index in [9.17, 15) is 44.1 Å². The number of rotatable bonds is 10. The Labute approximate surface area is 538 Å². The molecule has 7 atom stereocenters. The van der Waals surface area contributed by atoms with Crippen molar-refractivity contribution >= 4 is 109 Å². The Hall–Kier alpha value is -8.58. The van der Waals surface area contributed by atoms with Gasteiger partial charge in [-0.05, 0) is 68.0 Å². The van der Waals surface area contributed by atoms with E-state index in [1.165, 1.54) is 46.1 Å². The zero-order valence-electron chi connectivity index (χ0n) is 48.2. The van der Waals surface area contributed by atoms with Crippen LogP contribution in [0.3, 0.4) is 0 Å². The van der Waals surface area contributed by atoms with E-state index in [0.717, 1.165) is 39.6 Å². The molecule has 0 radical (unpaired) electrons. The second kappa shape index (κ2) is 26.1. The Morgan fingerprint density at radius 2 is 1.32 bits per heavy atom. The zero-order chi connectivity index (χ0) is 63.1. The monoisotopic (exact) mass is 1320 g/mol. The number of carboxylic acid groups (broad SMARTS) is 1. The van der Waals surface area contributed by atoms with Crippen molar-refractivity contribution < 1.29 is 48.9 Å². The molecule has 0 unspecified atom stereocenters. The van der Waals surface area contributed by atoms with Gasteiger partial charge in [0.25, 0.3) is 23.6 Å². The van der Waals surface area contributed by atoms with Crippen molar-refractivity contribution in [3.63, 3.8) is 0 Å². The number of pyridine rings is 1. The van der Waals surface area contributed by atoms with Crippen molar-refractivity contribution in [2.75, 3.05) is 6.54 Å². The molecule has 9 N–H and O–H groups in total. The Morgan fingerprint density at radius 3 is 2.07 bits per heavy atom. The highest BCUT2D eigenvalue weighted by Gasteiger charge is 2.46. The number of amides is 6. The van der Waals surface area contributed by atoms with Crippen molar-refractivity contribution in [2.45, 2.75) is 102 Å². The molecule has 23 nitrogen and oxygen atoms in total. The van der Waals surface area contributed by atoms with Crippen LogP contribution >= 0.6 is 68.0 Å². The first-order valence-electron chi connectivity index (χ1n) is 28.7. The summed E-state index contributed by atoms with van der Waals surface area (Å²) in [5.74, 6) is -5.75. The average Bonchev–Trinajstić information content (AvgIpc) is 1.70. The summed E-state index contributed by atoms with van der Waals surface area (Å²) in [6, 6.07) is 15.2. The van der Waals surface area contributed by atoms with Crippen LogP contribution in [0.4, 0.5) is 0 Å². The quantitative estimate of drug-likeness (QED) is 0.0634. The van der Waals surface area contributed by atoms with Crippen molar-refractivity contribution in [3.05, 3.63) is 147 Å². The smallest absolute Gasteiger partial charge is 0.306 e. The maximum Gasteiger partial charge on any atom is 0.306 e. The summed E-state index contributed by atoms with van der Waals surface area (Å²) in [6.45, 7) is 5.37. The fourth-order valence-corrected chi connectivity index (χ4v) is 16.7. The minimum absolute atomic E-state index is 0.000124. The number of aromatic hydroxyl groups is 1. The summed E-state index contributed by atoms with van der Waals surface area (Å²) in [7, 11) is 0. The average molecular weight is 1320 g/mol. The van der Waals surface area contributed by atoms with E-state index < -0.39 is 89.4 Å². The maximum absolute atomic E-state index is 15.2. The summed E-state index contributed by atoms with van der Waals surface area (Å²) >= 11 is 7.18. The number of nitrogens with one attached hydrogen (secondary N) is 4. The van der Waals surface area contributed by atoms with Gasteiger partial charge in [-0.3, -0.25) is 33.6 Å². The molecule has 3 aliphatic rings. The molecule has 7 aromatic heterocycles. The number of hydrogen-bond acceptors (Lipinski definition) is 22. The van der Waals surface area contributed by atoms with E-state index in [1.807, 2.05) is 49.6 Å². The Bertz CT molecular complexity index is 4210. The van der Waals surface area contributed by atoms with Crippen LogP contribution in [0.5, 0.6) is 5.75 Å². The lowest BCUT2D eigenvalue weighted by Gasteiger charge is -2.29. The lowest BCUT2D eigenvalue weighted by Crippen LogP contribution is -2.50. The number of nitrogens with two attached hydrogens (primary N) is 1. The summed E-state index contributed by atoms with van der Waals surface area (Å²) in [4.78, 5) is 133. The number of thiazole rings is 6.